The molecule has 0 bridgehead atoms. The van der Waals surface area contributed by atoms with Crippen LogP contribution < -0.4 is 10.5 Å². The van der Waals surface area contributed by atoms with E-state index >= 15 is 0 Å². The number of hydrogen-bond donors (Lipinski definition) is 2. The molecular formula is C7H8N2OS. The van der Waals surface area contributed by atoms with Crippen LogP contribution in [0.15, 0.2) is 30.3 Å². The second kappa shape index (κ2) is 3.88. The van der Waals surface area contributed by atoms with Gasteiger partial charge in [-0.15, -0.1) is 0 Å². The minimum absolute atomic E-state index is 0.436. The van der Waals surface area contributed by atoms with Crippen LogP contribution in [0.5, 0.6) is 0 Å². The van der Waals surface area contributed by atoms with Gasteiger partial charge in [0.1, 0.15) is 0 Å². The average Bonchev–Trinajstić information content (AvgIpc) is 2.03. The van der Waals surface area contributed by atoms with Crippen molar-refractivity contribution < 1.29 is 4.79 Å². The van der Waals surface area contributed by atoms with E-state index in [2.05, 4.69) is 4.72 Å². The van der Waals surface area contributed by atoms with Crippen molar-refractivity contribution in [2.75, 3.05) is 4.72 Å². The van der Waals surface area contributed by atoms with Gasteiger partial charge in [-0.2, -0.15) is 0 Å². The zero-order valence-electron chi connectivity index (χ0n) is 5.78. The van der Waals surface area contributed by atoms with E-state index < -0.39 is 5.24 Å². The highest BCUT2D eigenvalue weighted by Gasteiger charge is 1.93. The number of nitrogens with two attached hydrogens (primary N) is 1. The Morgan fingerprint density at radius 2 is 2.00 bits per heavy atom. The molecule has 0 aliphatic carbocycles. The van der Waals surface area contributed by atoms with E-state index in [1.54, 1.807) is 0 Å². The number of rotatable bonds is 2. The van der Waals surface area contributed by atoms with Crippen molar-refractivity contribution in [3.63, 3.8) is 0 Å². The van der Waals surface area contributed by atoms with Crippen LogP contribution in [0, 0.1) is 0 Å². The number of primary amides is 1. The zero-order valence-corrected chi connectivity index (χ0v) is 6.60. The maximum absolute atomic E-state index is 10.3. The molecule has 11 heavy (non-hydrogen) atoms. The van der Waals surface area contributed by atoms with Gasteiger partial charge in [-0.25, -0.2) is 0 Å². The Morgan fingerprint density at radius 3 is 2.55 bits per heavy atom. The van der Waals surface area contributed by atoms with E-state index in [-0.39, 0.29) is 0 Å². The molecule has 0 aliphatic heterocycles. The van der Waals surface area contributed by atoms with Gasteiger partial charge in [0.05, 0.1) is 0 Å². The van der Waals surface area contributed by atoms with Gasteiger partial charge in [0.15, 0.2) is 0 Å². The van der Waals surface area contributed by atoms with Gasteiger partial charge in [-0.3, -0.25) is 4.79 Å². The average molecular weight is 168 g/mol. The summed E-state index contributed by atoms with van der Waals surface area (Å²) in [6.45, 7) is 0. The summed E-state index contributed by atoms with van der Waals surface area (Å²) < 4.78 is 2.79. The maximum atomic E-state index is 10.3. The molecule has 0 spiro atoms. The molecule has 0 radical (unpaired) electrons. The zero-order chi connectivity index (χ0) is 8.10. The molecule has 3 nitrogen and oxygen atoms in total. The molecule has 3 N–H and O–H groups in total. The van der Waals surface area contributed by atoms with Crippen LogP contribution in [-0.2, 0) is 0 Å². The van der Waals surface area contributed by atoms with Gasteiger partial charge in [0, 0.05) is 17.6 Å². The van der Waals surface area contributed by atoms with Crippen molar-refractivity contribution in [1.82, 2.24) is 0 Å². The smallest absolute Gasteiger partial charge is 0.296 e. The van der Waals surface area contributed by atoms with Crippen LogP contribution in [0.4, 0.5) is 10.5 Å². The fourth-order valence-corrected chi connectivity index (χ4v) is 0.970. The number of carbonyl (C=O) groups is 1. The predicted octanol–water partition coefficient (Wildman–Crippen LogP) is 1.83. The lowest BCUT2D eigenvalue weighted by Gasteiger charge is -1.99. The van der Waals surface area contributed by atoms with Gasteiger partial charge < -0.3 is 10.5 Å². The second-order valence-electron chi connectivity index (χ2n) is 1.89. The molecule has 58 valence electrons. The topological polar surface area (TPSA) is 55.1 Å². The van der Waals surface area contributed by atoms with Crippen molar-refractivity contribution >= 4 is 22.9 Å². The number of para-hydroxylation sites is 1. The largest absolute Gasteiger partial charge is 0.359 e. The highest BCUT2D eigenvalue weighted by atomic mass is 32.2. The summed E-state index contributed by atoms with van der Waals surface area (Å²) in [4.78, 5) is 10.3. The first-order chi connectivity index (χ1) is 5.29. The van der Waals surface area contributed by atoms with Gasteiger partial charge >= 0.3 is 0 Å². The molecule has 0 atom stereocenters. The molecule has 4 heteroatoms. The molecule has 0 heterocycles. The first kappa shape index (κ1) is 7.94. The van der Waals surface area contributed by atoms with Crippen LogP contribution in [-0.4, -0.2) is 5.24 Å². The van der Waals surface area contributed by atoms with Crippen molar-refractivity contribution in [2.45, 2.75) is 0 Å². The first-order valence-corrected chi connectivity index (χ1v) is 3.88. The normalized spacial score (nSPS) is 9.09. The molecule has 0 aromatic heterocycles. The monoisotopic (exact) mass is 168 g/mol. The number of nitrogens with one attached hydrogen (secondary N) is 1. The third kappa shape index (κ3) is 2.95. The summed E-state index contributed by atoms with van der Waals surface area (Å²) >= 11 is 0.873. The standard InChI is InChI=1S/C7H8N2OS/c8-7(10)11-9-6-4-2-1-3-5-6/h1-5,9H,(H2,8,10). The highest BCUT2D eigenvalue weighted by molar-refractivity contribution is 8.14. The van der Waals surface area contributed by atoms with Crippen LogP contribution in [0.3, 0.4) is 0 Å². The van der Waals surface area contributed by atoms with Crippen molar-refractivity contribution in [1.29, 1.82) is 0 Å². The van der Waals surface area contributed by atoms with E-state index in [0.717, 1.165) is 17.6 Å². The Bertz CT molecular complexity index is 237. The molecule has 1 amide bonds. The fourth-order valence-electron chi connectivity index (χ4n) is 0.615. The summed E-state index contributed by atoms with van der Waals surface area (Å²) in [6, 6.07) is 9.37. The van der Waals surface area contributed by atoms with E-state index in [0.29, 0.717) is 0 Å². The minimum atomic E-state index is -0.436. The van der Waals surface area contributed by atoms with Gasteiger partial charge in [0.2, 0.25) is 0 Å². The predicted molar refractivity (Wildman–Crippen MR) is 47.2 cm³/mol. The number of anilines is 1. The molecule has 0 saturated heterocycles. The molecule has 1 rings (SSSR count). The Balaban J connectivity index is 2.45. The van der Waals surface area contributed by atoms with E-state index in [9.17, 15) is 4.79 Å². The number of benzene rings is 1. The van der Waals surface area contributed by atoms with Crippen molar-refractivity contribution in [3.8, 4) is 0 Å². The van der Waals surface area contributed by atoms with Crippen LogP contribution >= 0.6 is 11.9 Å². The fraction of sp³-hybridized carbons (Fsp3) is 0. The van der Waals surface area contributed by atoms with Gasteiger partial charge in [-0.05, 0) is 12.1 Å². The third-order valence-electron chi connectivity index (χ3n) is 1.04. The van der Waals surface area contributed by atoms with Crippen molar-refractivity contribution in [2.24, 2.45) is 5.73 Å². The summed E-state index contributed by atoms with van der Waals surface area (Å²) in [7, 11) is 0. The summed E-state index contributed by atoms with van der Waals surface area (Å²) in [5.41, 5.74) is 5.77. The van der Waals surface area contributed by atoms with Gasteiger partial charge in [-0.1, -0.05) is 18.2 Å². The Labute approximate surface area is 69.1 Å². The highest BCUT2D eigenvalue weighted by Crippen LogP contribution is 2.10. The Kier molecular flexibility index (Phi) is 2.80. The summed E-state index contributed by atoms with van der Waals surface area (Å²) in [5, 5.41) is -0.436. The lowest BCUT2D eigenvalue weighted by atomic mass is 10.3. The summed E-state index contributed by atoms with van der Waals surface area (Å²) in [6.07, 6.45) is 0. The third-order valence-corrected chi connectivity index (χ3v) is 1.58. The number of amides is 1. The van der Waals surface area contributed by atoms with E-state index in [1.165, 1.54) is 0 Å². The molecule has 1 aromatic rings. The first-order valence-electron chi connectivity index (χ1n) is 3.06. The molecule has 0 saturated carbocycles. The quantitative estimate of drug-likeness (QED) is 0.662. The molecule has 0 fully saturated rings. The molecule has 1 aromatic carbocycles. The van der Waals surface area contributed by atoms with E-state index in [1.807, 2.05) is 30.3 Å². The van der Waals surface area contributed by atoms with Crippen LogP contribution in [0.25, 0.3) is 0 Å². The van der Waals surface area contributed by atoms with Crippen molar-refractivity contribution in [3.05, 3.63) is 30.3 Å². The molecule has 0 aliphatic rings. The summed E-state index contributed by atoms with van der Waals surface area (Å²) in [5.74, 6) is 0. The van der Waals surface area contributed by atoms with E-state index in [4.69, 9.17) is 5.73 Å². The second-order valence-corrected chi connectivity index (χ2v) is 2.70. The minimum Gasteiger partial charge on any atom is -0.359 e. The SMILES string of the molecule is NC(=O)SNc1ccccc1. The molecular weight excluding hydrogens is 160 g/mol. The lowest BCUT2D eigenvalue weighted by molar-refractivity contribution is 0.267. The lowest BCUT2D eigenvalue weighted by Crippen LogP contribution is -2.05. The number of hydrogen-bond acceptors (Lipinski definition) is 3. The van der Waals surface area contributed by atoms with Gasteiger partial charge in [0.25, 0.3) is 5.24 Å². The van der Waals surface area contributed by atoms with Crippen LogP contribution in [0.1, 0.15) is 0 Å². The Hall–Kier alpha value is -1.16. The van der Waals surface area contributed by atoms with Crippen LogP contribution in [0.2, 0.25) is 0 Å². The molecule has 0 unspecified atom stereocenters. The Morgan fingerprint density at radius 1 is 1.36 bits per heavy atom. The number of carbonyl (C=O) groups excluding carboxylic acids is 1. The maximum Gasteiger partial charge on any atom is 0.296 e.